The molecule has 1 amide bonds. The van der Waals surface area contributed by atoms with Crippen LogP contribution in [-0.4, -0.2) is 37.8 Å². The fraction of sp³-hybridized carbons (Fsp3) is 0.316. The van der Waals surface area contributed by atoms with Gasteiger partial charge in [-0.3, -0.25) is 4.79 Å². The molecule has 2 rings (SSSR count). The molecule has 146 valence electrons. The first-order chi connectivity index (χ1) is 12.8. The number of halogens is 1. The molecule has 2 aromatic rings. The summed E-state index contributed by atoms with van der Waals surface area (Å²) in [5.74, 6) is 0.0525. The number of carbonyl (C=O) groups is 1. The zero-order valence-electron chi connectivity index (χ0n) is 15.5. The lowest BCUT2D eigenvalue weighted by atomic mass is 10.3. The van der Waals surface area contributed by atoms with Crippen molar-refractivity contribution in [3.63, 3.8) is 0 Å². The van der Waals surface area contributed by atoms with E-state index < -0.39 is 16.1 Å². The lowest BCUT2D eigenvalue weighted by molar-refractivity contribution is -0.122. The highest BCUT2D eigenvalue weighted by Gasteiger charge is 2.22. The highest BCUT2D eigenvalue weighted by molar-refractivity contribution is 7.89. The first-order valence-electron chi connectivity index (χ1n) is 8.61. The number of sulfonamides is 1. The number of benzene rings is 2. The summed E-state index contributed by atoms with van der Waals surface area (Å²) in [6, 6.07) is 12.9. The molecule has 0 radical (unpaired) electrons. The maximum Gasteiger partial charge on any atom is 0.265 e. The Balaban J connectivity index is 2.05. The van der Waals surface area contributed by atoms with Crippen molar-refractivity contribution in [3.05, 3.63) is 53.6 Å². The first-order valence-corrected chi connectivity index (χ1v) is 10.4. The Kier molecular flexibility index (Phi) is 7.24. The molecule has 6 nitrogen and oxygen atoms in total. The van der Waals surface area contributed by atoms with E-state index in [9.17, 15) is 13.2 Å². The third kappa shape index (κ3) is 5.22. The van der Waals surface area contributed by atoms with Crippen LogP contribution in [0.25, 0.3) is 0 Å². The van der Waals surface area contributed by atoms with Crippen molar-refractivity contribution in [2.45, 2.75) is 31.8 Å². The molecule has 1 atom stereocenters. The molecule has 8 heteroatoms. The average Bonchev–Trinajstić information content (AvgIpc) is 2.64. The third-order valence-corrected chi connectivity index (χ3v) is 6.35. The van der Waals surface area contributed by atoms with Gasteiger partial charge in [-0.15, -0.1) is 0 Å². The zero-order chi connectivity index (χ0) is 20.0. The van der Waals surface area contributed by atoms with Gasteiger partial charge in [0.1, 0.15) is 5.75 Å². The molecule has 0 fully saturated rings. The number of nitrogens with one attached hydrogen (secondary N) is 1. The molecule has 0 aromatic heterocycles. The molecule has 0 saturated heterocycles. The van der Waals surface area contributed by atoms with Gasteiger partial charge in [-0.05, 0) is 43.3 Å². The summed E-state index contributed by atoms with van der Waals surface area (Å²) >= 11 is 6.03. The highest BCUT2D eigenvalue weighted by atomic mass is 35.5. The quantitative estimate of drug-likeness (QED) is 0.718. The van der Waals surface area contributed by atoms with Crippen LogP contribution in [0.4, 0.5) is 5.69 Å². The molecule has 27 heavy (non-hydrogen) atoms. The van der Waals surface area contributed by atoms with E-state index in [2.05, 4.69) is 5.32 Å². The van der Waals surface area contributed by atoms with Gasteiger partial charge in [0.15, 0.2) is 6.10 Å². The number of carbonyl (C=O) groups excluding carboxylic acids is 1. The topological polar surface area (TPSA) is 75.7 Å². The monoisotopic (exact) mass is 410 g/mol. The SMILES string of the molecule is CCN(CC)S(=O)(=O)c1ccc(NC(=O)[C@@H](C)Oc2ccccc2Cl)cc1. The van der Waals surface area contributed by atoms with E-state index in [1.807, 2.05) is 0 Å². The second-order valence-corrected chi connectivity index (χ2v) is 8.14. The van der Waals surface area contributed by atoms with Crippen LogP contribution in [0, 0.1) is 0 Å². The van der Waals surface area contributed by atoms with E-state index in [-0.39, 0.29) is 10.8 Å². The van der Waals surface area contributed by atoms with Gasteiger partial charge < -0.3 is 10.1 Å². The Bertz CT molecular complexity index is 881. The van der Waals surface area contributed by atoms with Crippen LogP contribution in [0.5, 0.6) is 5.75 Å². The van der Waals surface area contributed by atoms with Crippen molar-refractivity contribution in [1.82, 2.24) is 4.31 Å². The number of amides is 1. The van der Waals surface area contributed by atoms with Crippen molar-refractivity contribution < 1.29 is 17.9 Å². The molecule has 0 spiro atoms. The van der Waals surface area contributed by atoms with Gasteiger partial charge in [0.05, 0.1) is 9.92 Å². The van der Waals surface area contributed by atoms with Crippen LogP contribution in [0.1, 0.15) is 20.8 Å². The Hall–Kier alpha value is -2.09. The van der Waals surface area contributed by atoms with Gasteiger partial charge >= 0.3 is 0 Å². The molecule has 1 N–H and O–H groups in total. The van der Waals surface area contributed by atoms with Crippen molar-refractivity contribution in [2.75, 3.05) is 18.4 Å². The molecule has 0 aliphatic rings. The molecule has 0 unspecified atom stereocenters. The summed E-state index contributed by atoms with van der Waals surface area (Å²) in [6.45, 7) is 5.98. The van der Waals surface area contributed by atoms with E-state index in [4.69, 9.17) is 16.3 Å². The van der Waals surface area contributed by atoms with Crippen LogP contribution in [0.15, 0.2) is 53.4 Å². The number of hydrogen-bond acceptors (Lipinski definition) is 4. The van der Waals surface area contributed by atoms with Crippen molar-refractivity contribution in [3.8, 4) is 5.75 Å². The van der Waals surface area contributed by atoms with Crippen LogP contribution in [0.3, 0.4) is 0 Å². The van der Waals surface area contributed by atoms with Crippen LogP contribution < -0.4 is 10.1 Å². The Morgan fingerprint density at radius 2 is 1.70 bits per heavy atom. The smallest absolute Gasteiger partial charge is 0.265 e. The summed E-state index contributed by atoms with van der Waals surface area (Å²) in [7, 11) is -3.53. The molecule has 0 heterocycles. The summed E-state index contributed by atoms with van der Waals surface area (Å²) in [6.07, 6.45) is -0.774. The minimum Gasteiger partial charge on any atom is -0.479 e. The number of rotatable bonds is 8. The van der Waals surface area contributed by atoms with Gasteiger partial charge in [-0.25, -0.2) is 8.42 Å². The summed E-state index contributed by atoms with van der Waals surface area (Å²) in [5.41, 5.74) is 0.480. The van der Waals surface area contributed by atoms with Crippen LogP contribution in [0.2, 0.25) is 5.02 Å². The molecule has 0 saturated carbocycles. The average molecular weight is 411 g/mol. The van der Waals surface area contributed by atoms with Crippen LogP contribution in [-0.2, 0) is 14.8 Å². The first kappa shape index (κ1) is 21.2. The van der Waals surface area contributed by atoms with Crippen molar-refractivity contribution in [2.24, 2.45) is 0 Å². The van der Waals surface area contributed by atoms with Gasteiger partial charge in [0, 0.05) is 18.8 Å². The molecule has 0 aliphatic carbocycles. The predicted octanol–water partition coefficient (Wildman–Crippen LogP) is 3.78. The lowest BCUT2D eigenvalue weighted by Gasteiger charge is -2.19. The van der Waals surface area contributed by atoms with Gasteiger partial charge in [-0.1, -0.05) is 37.6 Å². The largest absolute Gasteiger partial charge is 0.479 e. The lowest BCUT2D eigenvalue weighted by Crippen LogP contribution is -2.31. The Labute approximate surface area is 165 Å². The maximum absolute atomic E-state index is 12.5. The Morgan fingerprint density at radius 1 is 1.11 bits per heavy atom. The van der Waals surface area contributed by atoms with E-state index in [0.717, 1.165) is 0 Å². The molecule has 0 aliphatic heterocycles. The fourth-order valence-electron chi connectivity index (χ4n) is 2.45. The van der Waals surface area contributed by atoms with Crippen LogP contribution >= 0.6 is 11.6 Å². The van der Waals surface area contributed by atoms with Gasteiger partial charge in [0.25, 0.3) is 5.91 Å². The normalized spacial score (nSPS) is 12.6. The summed E-state index contributed by atoms with van der Waals surface area (Å²) < 4.78 is 31.9. The van der Waals surface area contributed by atoms with E-state index in [0.29, 0.717) is 29.5 Å². The Morgan fingerprint density at radius 3 is 2.26 bits per heavy atom. The molecular weight excluding hydrogens is 388 g/mol. The minimum atomic E-state index is -3.53. The van der Waals surface area contributed by atoms with E-state index in [1.165, 1.54) is 16.4 Å². The molecular formula is C19H23ClN2O4S. The van der Waals surface area contributed by atoms with Gasteiger partial charge in [0.2, 0.25) is 10.0 Å². The van der Waals surface area contributed by atoms with E-state index >= 15 is 0 Å². The maximum atomic E-state index is 12.5. The number of para-hydroxylation sites is 1. The molecule has 2 aromatic carbocycles. The van der Waals surface area contributed by atoms with E-state index in [1.54, 1.807) is 57.2 Å². The number of hydrogen-bond donors (Lipinski definition) is 1. The number of nitrogens with zero attached hydrogens (tertiary/aromatic N) is 1. The second-order valence-electron chi connectivity index (χ2n) is 5.79. The standard InChI is InChI=1S/C19H23ClN2O4S/c1-4-22(5-2)27(24,25)16-12-10-15(11-13-16)21-19(23)14(3)26-18-9-7-6-8-17(18)20/h6-14H,4-5H2,1-3H3,(H,21,23)/t14-/m1/s1. The fourth-order valence-corrected chi connectivity index (χ4v) is 4.09. The van der Waals surface area contributed by atoms with Crippen molar-refractivity contribution in [1.29, 1.82) is 0 Å². The second kappa shape index (κ2) is 9.21. The predicted molar refractivity (Wildman–Crippen MR) is 107 cm³/mol. The summed E-state index contributed by atoms with van der Waals surface area (Å²) in [5, 5.41) is 3.12. The van der Waals surface area contributed by atoms with Crippen molar-refractivity contribution >= 4 is 33.2 Å². The summed E-state index contributed by atoms with van der Waals surface area (Å²) in [4.78, 5) is 12.5. The molecule has 0 bridgehead atoms. The van der Waals surface area contributed by atoms with Gasteiger partial charge in [-0.2, -0.15) is 4.31 Å². The number of anilines is 1. The number of ether oxygens (including phenoxy) is 1. The highest BCUT2D eigenvalue weighted by Crippen LogP contribution is 2.24. The third-order valence-electron chi connectivity index (χ3n) is 3.97. The zero-order valence-corrected chi connectivity index (χ0v) is 17.0. The minimum absolute atomic E-state index is 0.185.